The summed E-state index contributed by atoms with van der Waals surface area (Å²) < 4.78 is 31.7. The maximum Gasteiger partial charge on any atom is 0.127 e. The van der Waals surface area contributed by atoms with E-state index >= 15 is 0 Å². The Kier molecular flexibility index (Phi) is 5.23. The first-order chi connectivity index (χ1) is 8.34. The van der Waals surface area contributed by atoms with Gasteiger partial charge in [-0.15, -0.1) is 0 Å². The van der Waals surface area contributed by atoms with E-state index in [0.717, 1.165) is 18.6 Å². The number of halogens is 2. The molecule has 1 rings (SSSR count). The summed E-state index contributed by atoms with van der Waals surface area (Å²) in [6.45, 7) is 6.30. The Labute approximate surface area is 107 Å². The highest BCUT2D eigenvalue weighted by Gasteiger charge is 2.20. The lowest BCUT2D eigenvalue weighted by Gasteiger charge is -2.27. The summed E-state index contributed by atoms with van der Waals surface area (Å²) in [5.74, 6) is -0.805. The number of benzene rings is 1. The molecule has 0 saturated heterocycles. The predicted octanol–water partition coefficient (Wildman–Crippen LogP) is 3.26. The molecule has 0 fully saturated rings. The van der Waals surface area contributed by atoms with Crippen molar-refractivity contribution in [1.29, 1.82) is 0 Å². The lowest BCUT2D eigenvalue weighted by Crippen LogP contribution is -2.35. The zero-order valence-electron chi connectivity index (χ0n) is 11.4. The molecule has 1 N–H and O–H groups in total. The molecular formula is C14H21F2NO. The van der Waals surface area contributed by atoms with Crippen molar-refractivity contribution >= 4 is 0 Å². The molecule has 102 valence electrons. The number of hydrogen-bond donors (Lipinski definition) is 1. The summed E-state index contributed by atoms with van der Waals surface area (Å²) in [6, 6.07) is 3.64. The van der Waals surface area contributed by atoms with Gasteiger partial charge in [-0.2, -0.15) is 0 Å². The Morgan fingerprint density at radius 2 is 2.00 bits per heavy atom. The highest BCUT2D eigenvalue weighted by atomic mass is 19.1. The Bertz CT molecular complexity index is 393. The van der Waals surface area contributed by atoms with Gasteiger partial charge in [-0.1, -0.05) is 0 Å². The molecular weight excluding hydrogens is 236 g/mol. The third-order valence-corrected chi connectivity index (χ3v) is 3.00. The Morgan fingerprint density at radius 3 is 2.61 bits per heavy atom. The SMILES string of the molecule is COC(C)(C)CC(C)NCc1cc(F)ccc1F. The molecule has 0 aliphatic heterocycles. The molecule has 0 spiro atoms. The molecule has 0 amide bonds. The summed E-state index contributed by atoms with van der Waals surface area (Å²) in [5, 5.41) is 3.17. The van der Waals surface area contributed by atoms with Crippen LogP contribution in [0.2, 0.25) is 0 Å². The normalized spacial score (nSPS) is 13.7. The summed E-state index contributed by atoms with van der Waals surface area (Å²) >= 11 is 0. The van der Waals surface area contributed by atoms with Gasteiger partial charge in [0.05, 0.1) is 5.60 Å². The number of rotatable bonds is 6. The van der Waals surface area contributed by atoms with E-state index in [0.29, 0.717) is 12.1 Å². The van der Waals surface area contributed by atoms with E-state index in [9.17, 15) is 8.78 Å². The molecule has 0 aromatic heterocycles. The van der Waals surface area contributed by atoms with Crippen molar-refractivity contribution < 1.29 is 13.5 Å². The second-order valence-corrected chi connectivity index (χ2v) is 5.19. The van der Waals surface area contributed by atoms with E-state index < -0.39 is 5.82 Å². The first-order valence-corrected chi connectivity index (χ1v) is 6.06. The predicted molar refractivity (Wildman–Crippen MR) is 68.4 cm³/mol. The molecule has 1 unspecified atom stereocenters. The monoisotopic (exact) mass is 257 g/mol. The van der Waals surface area contributed by atoms with Gasteiger partial charge in [-0.25, -0.2) is 8.78 Å². The lowest BCUT2D eigenvalue weighted by molar-refractivity contribution is 0.00843. The molecule has 1 aromatic rings. The minimum atomic E-state index is -0.418. The molecule has 0 heterocycles. The van der Waals surface area contributed by atoms with Crippen molar-refractivity contribution in [1.82, 2.24) is 5.32 Å². The number of hydrogen-bond acceptors (Lipinski definition) is 2. The standard InChI is InChI=1S/C14H21F2NO/c1-10(8-14(2,3)18-4)17-9-11-7-12(15)5-6-13(11)16/h5-7,10,17H,8-9H2,1-4H3. The molecule has 1 aromatic carbocycles. The minimum absolute atomic E-state index is 0.155. The van der Waals surface area contributed by atoms with E-state index in [1.54, 1.807) is 7.11 Å². The van der Waals surface area contributed by atoms with Crippen molar-refractivity contribution in [2.45, 2.75) is 45.4 Å². The summed E-state index contributed by atoms with van der Waals surface area (Å²) in [5.41, 5.74) is 0.115. The van der Waals surface area contributed by atoms with Gasteiger partial charge in [0.25, 0.3) is 0 Å². The summed E-state index contributed by atoms with van der Waals surface area (Å²) in [7, 11) is 1.67. The first kappa shape index (κ1) is 15.1. The van der Waals surface area contributed by atoms with E-state index in [4.69, 9.17) is 4.74 Å². The Morgan fingerprint density at radius 1 is 1.33 bits per heavy atom. The van der Waals surface area contributed by atoms with Crippen molar-refractivity contribution in [2.75, 3.05) is 7.11 Å². The van der Waals surface area contributed by atoms with E-state index in [2.05, 4.69) is 5.32 Å². The average Bonchev–Trinajstić information content (AvgIpc) is 2.30. The van der Waals surface area contributed by atoms with E-state index in [-0.39, 0.29) is 17.5 Å². The van der Waals surface area contributed by atoms with Crippen LogP contribution in [0.3, 0.4) is 0 Å². The Hall–Kier alpha value is -1.00. The van der Waals surface area contributed by atoms with E-state index in [1.807, 2.05) is 20.8 Å². The second-order valence-electron chi connectivity index (χ2n) is 5.19. The Balaban J connectivity index is 2.52. The molecule has 0 aliphatic carbocycles. The van der Waals surface area contributed by atoms with Crippen LogP contribution < -0.4 is 5.32 Å². The van der Waals surface area contributed by atoms with Crippen LogP contribution in [-0.4, -0.2) is 18.8 Å². The second kappa shape index (κ2) is 6.25. The van der Waals surface area contributed by atoms with Crippen LogP contribution >= 0.6 is 0 Å². The van der Waals surface area contributed by atoms with Gasteiger partial charge in [-0.3, -0.25) is 0 Å². The van der Waals surface area contributed by atoms with Crippen molar-refractivity contribution in [2.24, 2.45) is 0 Å². The third kappa shape index (κ3) is 4.70. The van der Waals surface area contributed by atoms with Crippen LogP contribution in [0, 0.1) is 11.6 Å². The molecule has 0 bridgehead atoms. The van der Waals surface area contributed by atoms with Gasteiger partial charge in [0.2, 0.25) is 0 Å². The van der Waals surface area contributed by atoms with Gasteiger partial charge in [0.1, 0.15) is 11.6 Å². The van der Waals surface area contributed by atoms with E-state index in [1.165, 1.54) is 6.07 Å². The fraction of sp³-hybridized carbons (Fsp3) is 0.571. The van der Waals surface area contributed by atoms with Gasteiger partial charge < -0.3 is 10.1 Å². The maximum absolute atomic E-state index is 13.4. The summed E-state index contributed by atoms with van der Waals surface area (Å²) in [6.07, 6.45) is 0.792. The molecule has 0 radical (unpaired) electrons. The van der Waals surface area contributed by atoms with Crippen LogP contribution in [-0.2, 0) is 11.3 Å². The van der Waals surface area contributed by atoms with Crippen LogP contribution in [0.25, 0.3) is 0 Å². The third-order valence-electron chi connectivity index (χ3n) is 3.00. The van der Waals surface area contributed by atoms with Crippen molar-refractivity contribution in [3.05, 3.63) is 35.4 Å². The van der Waals surface area contributed by atoms with Crippen molar-refractivity contribution in [3.8, 4) is 0 Å². The van der Waals surface area contributed by atoms with Gasteiger partial charge in [0.15, 0.2) is 0 Å². The fourth-order valence-electron chi connectivity index (χ4n) is 1.86. The highest BCUT2D eigenvalue weighted by molar-refractivity contribution is 5.18. The molecule has 18 heavy (non-hydrogen) atoms. The topological polar surface area (TPSA) is 21.3 Å². The summed E-state index contributed by atoms with van der Waals surface area (Å²) in [4.78, 5) is 0. The van der Waals surface area contributed by atoms with Crippen LogP contribution in [0.5, 0.6) is 0 Å². The minimum Gasteiger partial charge on any atom is -0.379 e. The molecule has 0 saturated carbocycles. The first-order valence-electron chi connectivity index (χ1n) is 6.06. The number of methoxy groups -OCH3 is 1. The smallest absolute Gasteiger partial charge is 0.127 e. The average molecular weight is 257 g/mol. The van der Waals surface area contributed by atoms with Gasteiger partial charge in [-0.05, 0) is 45.4 Å². The zero-order chi connectivity index (χ0) is 13.8. The van der Waals surface area contributed by atoms with Crippen LogP contribution in [0.15, 0.2) is 18.2 Å². The lowest BCUT2D eigenvalue weighted by atomic mass is 9.99. The van der Waals surface area contributed by atoms with Crippen LogP contribution in [0.1, 0.15) is 32.8 Å². The molecule has 4 heteroatoms. The largest absolute Gasteiger partial charge is 0.379 e. The van der Waals surface area contributed by atoms with Crippen molar-refractivity contribution in [3.63, 3.8) is 0 Å². The quantitative estimate of drug-likeness (QED) is 0.844. The fourth-order valence-corrected chi connectivity index (χ4v) is 1.86. The zero-order valence-corrected chi connectivity index (χ0v) is 11.4. The highest BCUT2D eigenvalue weighted by Crippen LogP contribution is 2.16. The molecule has 1 atom stereocenters. The molecule has 2 nitrogen and oxygen atoms in total. The van der Waals surface area contributed by atoms with Gasteiger partial charge >= 0.3 is 0 Å². The van der Waals surface area contributed by atoms with Gasteiger partial charge in [0, 0.05) is 25.3 Å². The van der Waals surface area contributed by atoms with Crippen LogP contribution in [0.4, 0.5) is 8.78 Å². The maximum atomic E-state index is 13.4. The number of nitrogens with one attached hydrogen (secondary N) is 1. The molecule has 0 aliphatic rings. The number of ether oxygens (including phenoxy) is 1.